The molecule has 0 fully saturated rings. The molecular weight excluding hydrogens is 548 g/mol. The molecule has 220 valence electrons. The summed E-state index contributed by atoms with van der Waals surface area (Å²) >= 11 is 0. The molecule has 8 heteroatoms. The first-order valence-corrected chi connectivity index (χ1v) is 15.9. The van der Waals surface area contributed by atoms with Crippen LogP contribution in [0.2, 0.25) is 0 Å². The average Bonchev–Trinajstić information content (AvgIpc) is 2.99. The number of aryl methyl sites for hydroxylation is 1. The highest BCUT2D eigenvalue weighted by molar-refractivity contribution is 7.88. The van der Waals surface area contributed by atoms with Gasteiger partial charge in [0.05, 0.1) is 18.4 Å². The Bertz CT molecular complexity index is 1580. The van der Waals surface area contributed by atoms with Gasteiger partial charge in [-0.1, -0.05) is 103 Å². The largest absolute Gasteiger partial charge is 0.466 e. The van der Waals surface area contributed by atoms with E-state index in [1.807, 2.05) is 72.8 Å². The van der Waals surface area contributed by atoms with Crippen molar-refractivity contribution in [3.8, 4) is 0 Å². The van der Waals surface area contributed by atoms with Crippen molar-refractivity contribution in [3.05, 3.63) is 120 Å². The molecule has 42 heavy (non-hydrogen) atoms. The van der Waals surface area contributed by atoms with Crippen LogP contribution in [0.3, 0.4) is 0 Å². The fraction of sp³-hybridized carbons (Fsp3) is 0.294. The minimum atomic E-state index is -4.16. The molecular formula is C34H38N2O5S. The predicted molar refractivity (Wildman–Crippen MR) is 166 cm³/mol. The number of rotatable bonds is 14. The Morgan fingerprint density at radius 1 is 0.786 bits per heavy atom. The SMILES string of the molecule is CCOC(=O)CC[C@H](CCc1ccccc1)N(C(=O)[C@@H](N)Cc1ccc2ccccc2c1)S(=O)(=O)Cc1ccccc1. The van der Waals surface area contributed by atoms with E-state index in [9.17, 15) is 18.0 Å². The lowest BCUT2D eigenvalue weighted by atomic mass is 9.99. The molecule has 4 aromatic rings. The molecule has 0 radical (unpaired) electrons. The second-order valence-electron chi connectivity index (χ2n) is 10.4. The number of carbonyl (C=O) groups is 2. The monoisotopic (exact) mass is 586 g/mol. The van der Waals surface area contributed by atoms with E-state index in [0.29, 0.717) is 18.4 Å². The standard InChI is InChI=1S/C34H38N2O5S/c1-2-41-33(37)22-21-31(20-18-26-11-5-3-6-12-26)36(42(39,40)25-27-13-7-4-8-14-27)34(38)32(35)24-28-17-19-29-15-9-10-16-30(29)23-28/h3-17,19,23,31-32H,2,18,20-22,24-25,35H2,1H3/t31-,32-/m0/s1. The van der Waals surface area contributed by atoms with E-state index in [4.69, 9.17) is 10.5 Å². The number of amides is 1. The molecule has 4 rings (SSSR count). The van der Waals surface area contributed by atoms with Crippen LogP contribution in [-0.4, -0.2) is 43.3 Å². The maximum atomic E-state index is 14.1. The van der Waals surface area contributed by atoms with E-state index < -0.39 is 34.0 Å². The molecule has 7 nitrogen and oxygen atoms in total. The zero-order chi connectivity index (χ0) is 30.0. The summed E-state index contributed by atoms with van der Waals surface area (Å²) < 4.78 is 34.1. The Kier molecular flexibility index (Phi) is 10.9. The van der Waals surface area contributed by atoms with Gasteiger partial charge in [0.2, 0.25) is 10.0 Å². The Morgan fingerprint density at radius 2 is 1.40 bits per heavy atom. The maximum Gasteiger partial charge on any atom is 0.305 e. The van der Waals surface area contributed by atoms with E-state index in [1.165, 1.54) is 0 Å². The number of carbonyl (C=O) groups excluding carboxylic acids is 2. The minimum absolute atomic E-state index is 0.0160. The van der Waals surface area contributed by atoms with Crippen molar-refractivity contribution in [2.45, 2.75) is 56.9 Å². The summed E-state index contributed by atoms with van der Waals surface area (Å²) in [6.45, 7) is 1.94. The highest BCUT2D eigenvalue weighted by atomic mass is 32.2. The molecule has 0 aliphatic heterocycles. The van der Waals surface area contributed by atoms with E-state index in [-0.39, 0.29) is 31.6 Å². The van der Waals surface area contributed by atoms with Crippen LogP contribution >= 0.6 is 0 Å². The number of fused-ring (bicyclic) bond motifs is 1. The number of ether oxygens (including phenoxy) is 1. The first kappa shape index (κ1) is 30.9. The molecule has 0 aliphatic carbocycles. The summed E-state index contributed by atoms with van der Waals surface area (Å²) in [6, 6.07) is 30.3. The van der Waals surface area contributed by atoms with Gasteiger partial charge in [0, 0.05) is 12.5 Å². The van der Waals surface area contributed by atoms with Gasteiger partial charge in [-0.05, 0) is 60.1 Å². The van der Waals surface area contributed by atoms with Crippen LogP contribution in [0.15, 0.2) is 103 Å². The van der Waals surface area contributed by atoms with Crippen LogP contribution in [0.5, 0.6) is 0 Å². The normalized spacial score (nSPS) is 12.9. The molecule has 0 aromatic heterocycles. The summed E-state index contributed by atoms with van der Waals surface area (Å²) in [5, 5.41) is 2.08. The highest BCUT2D eigenvalue weighted by Crippen LogP contribution is 2.24. The van der Waals surface area contributed by atoms with Crippen LogP contribution in [0.1, 0.15) is 42.9 Å². The van der Waals surface area contributed by atoms with Crippen molar-refractivity contribution < 1.29 is 22.7 Å². The second-order valence-corrected chi connectivity index (χ2v) is 12.2. The lowest BCUT2D eigenvalue weighted by Gasteiger charge is -2.33. The number of sulfonamides is 1. The lowest BCUT2D eigenvalue weighted by Crippen LogP contribution is -2.52. The second kappa shape index (κ2) is 14.8. The van der Waals surface area contributed by atoms with Gasteiger partial charge in [-0.25, -0.2) is 12.7 Å². The van der Waals surface area contributed by atoms with Crippen molar-refractivity contribution in [2.24, 2.45) is 5.73 Å². The zero-order valence-corrected chi connectivity index (χ0v) is 24.7. The third kappa shape index (κ3) is 8.50. The van der Waals surface area contributed by atoms with Gasteiger partial charge in [0.1, 0.15) is 0 Å². The summed E-state index contributed by atoms with van der Waals surface area (Å²) in [7, 11) is -4.16. The smallest absolute Gasteiger partial charge is 0.305 e. The fourth-order valence-electron chi connectivity index (χ4n) is 5.14. The van der Waals surface area contributed by atoms with Crippen molar-refractivity contribution >= 4 is 32.7 Å². The van der Waals surface area contributed by atoms with Crippen LogP contribution in [0.4, 0.5) is 0 Å². The van der Waals surface area contributed by atoms with Crippen molar-refractivity contribution in [1.82, 2.24) is 4.31 Å². The molecule has 0 bridgehead atoms. The summed E-state index contributed by atoms with van der Waals surface area (Å²) in [4.78, 5) is 26.4. The number of hydrogen-bond donors (Lipinski definition) is 1. The van der Waals surface area contributed by atoms with Crippen LogP contribution in [0, 0.1) is 0 Å². The Balaban J connectivity index is 1.66. The van der Waals surface area contributed by atoms with Gasteiger partial charge in [0.25, 0.3) is 5.91 Å². The van der Waals surface area contributed by atoms with Crippen molar-refractivity contribution in [3.63, 3.8) is 0 Å². The Morgan fingerprint density at radius 3 is 2.07 bits per heavy atom. The maximum absolute atomic E-state index is 14.1. The Labute approximate surface area is 248 Å². The molecule has 2 N–H and O–H groups in total. The molecule has 0 unspecified atom stereocenters. The Hall–Kier alpha value is -4.01. The predicted octanol–water partition coefficient (Wildman–Crippen LogP) is 5.41. The summed E-state index contributed by atoms with van der Waals surface area (Å²) in [6.07, 6.45) is 1.15. The molecule has 0 saturated carbocycles. The van der Waals surface area contributed by atoms with Gasteiger partial charge < -0.3 is 10.5 Å². The molecule has 0 heterocycles. The molecule has 2 atom stereocenters. The van der Waals surface area contributed by atoms with E-state index in [0.717, 1.165) is 26.2 Å². The minimum Gasteiger partial charge on any atom is -0.466 e. The van der Waals surface area contributed by atoms with Gasteiger partial charge in [-0.15, -0.1) is 0 Å². The number of nitrogens with zero attached hydrogens (tertiary/aromatic N) is 1. The third-order valence-electron chi connectivity index (χ3n) is 7.22. The average molecular weight is 587 g/mol. The molecule has 1 amide bonds. The topological polar surface area (TPSA) is 107 Å². The number of nitrogens with two attached hydrogens (primary N) is 1. The fourth-order valence-corrected chi connectivity index (χ4v) is 6.97. The quantitative estimate of drug-likeness (QED) is 0.198. The molecule has 0 spiro atoms. The van der Waals surface area contributed by atoms with E-state index in [1.54, 1.807) is 37.3 Å². The highest BCUT2D eigenvalue weighted by Gasteiger charge is 2.37. The number of benzene rings is 4. The van der Waals surface area contributed by atoms with Crippen molar-refractivity contribution in [2.75, 3.05) is 6.61 Å². The van der Waals surface area contributed by atoms with E-state index >= 15 is 0 Å². The van der Waals surface area contributed by atoms with Gasteiger partial charge in [-0.3, -0.25) is 9.59 Å². The number of esters is 1. The van der Waals surface area contributed by atoms with E-state index in [2.05, 4.69) is 0 Å². The number of hydrogen-bond acceptors (Lipinski definition) is 6. The molecule has 0 aliphatic rings. The molecule has 4 aromatic carbocycles. The van der Waals surface area contributed by atoms with Gasteiger partial charge >= 0.3 is 5.97 Å². The van der Waals surface area contributed by atoms with Crippen LogP contribution in [-0.2, 0) is 42.9 Å². The van der Waals surface area contributed by atoms with Crippen molar-refractivity contribution in [1.29, 1.82) is 0 Å². The third-order valence-corrected chi connectivity index (χ3v) is 9.00. The molecule has 0 saturated heterocycles. The van der Waals surface area contributed by atoms with Crippen LogP contribution in [0.25, 0.3) is 10.8 Å². The summed E-state index contributed by atoms with van der Waals surface area (Å²) in [5.41, 5.74) is 8.89. The van der Waals surface area contributed by atoms with Gasteiger partial charge in [0.15, 0.2) is 0 Å². The zero-order valence-electron chi connectivity index (χ0n) is 23.9. The first-order valence-electron chi connectivity index (χ1n) is 14.3. The summed E-state index contributed by atoms with van der Waals surface area (Å²) in [5.74, 6) is -1.47. The van der Waals surface area contributed by atoms with Crippen LogP contribution < -0.4 is 5.73 Å². The first-order chi connectivity index (χ1) is 20.3. The van der Waals surface area contributed by atoms with Gasteiger partial charge in [-0.2, -0.15) is 0 Å². The lowest BCUT2D eigenvalue weighted by molar-refractivity contribution is -0.144.